The molecule has 0 saturated carbocycles. The van der Waals surface area contributed by atoms with Crippen LogP contribution in [0.5, 0.6) is 5.75 Å². The number of ketones is 1. The van der Waals surface area contributed by atoms with E-state index in [4.69, 9.17) is 4.74 Å². The summed E-state index contributed by atoms with van der Waals surface area (Å²) in [5.41, 5.74) is 2.80. The number of pyridine rings is 2. The molecule has 1 amide bonds. The quantitative estimate of drug-likeness (QED) is 0.348. The van der Waals surface area contributed by atoms with Crippen molar-refractivity contribution in [2.24, 2.45) is 0 Å². The van der Waals surface area contributed by atoms with Crippen molar-refractivity contribution in [3.05, 3.63) is 95.1 Å². The van der Waals surface area contributed by atoms with Crippen LogP contribution in [0.15, 0.2) is 72.8 Å². The van der Waals surface area contributed by atoms with E-state index in [1.165, 1.54) is 4.90 Å². The number of Topliss-reactive ketones (excluding diaryl/α,β-unsaturated/α-hetero) is 1. The number of benzene rings is 1. The van der Waals surface area contributed by atoms with Crippen molar-refractivity contribution in [2.45, 2.75) is 32.4 Å². The van der Waals surface area contributed by atoms with E-state index in [1.54, 1.807) is 68.3 Å². The molecule has 0 bridgehead atoms. The number of aliphatic hydroxyl groups excluding tert-OH is 1. The van der Waals surface area contributed by atoms with Crippen LogP contribution in [-0.2, 0) is 16.1 Å². The van der Waals surface area contributed by atoms with Crippen LogP contribution in [0.1, 0.15) is 48.1 Å². The molecule has 2 aromatic heterocycles. The molecule has 1 unspecified atom stereocenters. The molecule has 1 saturated heterocycles. The van der Waals surface area contributed by atoms with Gasteiger partial charge in [-0.2, -0.15) is 0 Å². The van der Waals surface area contributed by atoms with E-state index in [9.17, 15) is 14.7 Å². The Morgan fingerprint density at radius 3 is 2.42 bits per heavy atom. The molecule has 1 aliphatic rings. The molecule has 1 atom stereocenters. The van der Waals surface area contributed by atoms with Crippen LogP contribution < -0.4 is 4.74 Å². The van der Waals surface area contributed by atoms with Crippen molar-refractivity contribution in [1.29, 1.82) is 0 Å². The van der Waals surface area contributed by atoms with Crippen LogP contribution in [0.25, 0.3) is 5.76 Å². The Balaban J connectivity index is 1.86. The molecule has 4 rings (SSSR count). The maximum atomic E-state index is 13.2. The van der Waals surface area contributed by atoms with E-state index in [0.717, 1.165) is 11.1 Å². The Morgan fingerprint density at radius 2 is 1.82 bits per heavy atom. The molecular weight excluding hydrogens is 418 g/mol. The second-order valence-corrected chi connectivity index (χ2v) is 8.19. The second-order valence-electron chi connectivity index (χ2n) is 8.19. The molecule has 1 aromatic carbocycles. The van der Waals surface area contributed by atoms with Crippen LogP contribution in [0.4, 0.5) is 0 Å². The maximum absolute atomic E-state index is 13.2. The topological polar surface area (TPSA) is 92.6 Å². The number of carbonyl (C=O) groups is 2. The second kappa shape index (κ2) is 9.24. The van der Waals surface area contributed by atoms with E-state index in [0.29, 0.717) is 16.9 Å². The number of methoxy groups -OCH3 is 1. The van der Waals surface area contributed by atoms with Gasteiger partial charge < -0.3 is 14.7 Å². The molecule has 0 aliphatic carbocycles. The van der Waals surface area contributed by atoms with E-state index in [1.807, 2.05) is 19.9 Å². The molecule has 1 aliphatic heterocycles. The standard InChI is InChI=1S/C26H25N3O4/c1-16(2)20-12-18(8-9-21(20)33-3)24(30)22-23(19-7-5-11-28-14-19)29(26(32)25(22)31)15-17-6-4-10-27-13-17/h4-14,16,23,30H,15H2,1-3H3/b24-22-. The summed E-state index contributed by atoms with van der Waals surface area (Å²) >= 11 is 0. The fourth-order valence-electron chi connectivity index (χ4n) is 4.10. The number of hydrogen-bond donors (Lipinski definition) is 1. The summed E-state index contributed by atoms with van der Waals surface area (Å²) < 4.78 is 5.44. The van der Waals surface area contributed by atoms with Gasteiger partial charge in [-0.1, -0.05) is 26.0 Å². The number of ether oxygens (including phenoxy) is 1. The Kier molecular flexibility index (Phi) is 6.22. The average Bonchev–Trinajstić information content (AvgIpc) is 3.09. The van der Waals surface area contributed by atoms with Crippen LogP contribution >= 0.6 is 0 Å². The third-order valence-electron chi connectivity index (χ3n) is 5.74. The first-order chi connectivity index (χ1) is 15.9. The van der Waals surface area contributed by atoms with E-state index < -0.39 is 17.7 Å². The Bertz CT molecular complexity index is 1210. The van der Waals surface area contributed by atoms with Gasteiger partial charge in [0.05, 0.1) is 18.7 Å². The smallest absolute Gasteiger partial charge is 0.295 e. The van der Waals surface area contributed by atoms with Gasteiger partial charge in [0.1, 0.15) is 11.5 Å². The molecule has 3 aromatic rings. The van der Waals surface area contributed by atoms with Crippen molar-refractivity contribution < 1.29 is 19.4 Å². The third kappa shape index (κ3) is 4.22. The molecule has 3 heterocycles. The van der Waals surface area contributed by atoms with Gasteiger partial charge in [-0.05, 0) is 52.9 Å². The number of likely N-dealkylation sites (tertiary alicyclic amines) is 1. The molecule has 1 fully saturated rings. The number of rotatable bonds is 6. The molecular formula is C26H25N3O4. The highest BCUT2D eigenvalue weighted by Gasteiger charge is 2.46. The van der Waals surface area contributed by atoms with Crippen molar-refractivity contribution in [3.63, 3.8) is 0 Å². The van der Waals surface area contributed by atoms with Gasteiger partial charge in [-0.15, -0.1) is 0 Å². The predicted molar refractivity (Wildman–Crippen MR) is 123 cm³/mol. The van der Waals surface area contributed by atoms with E-state index in [-0.39, 0.29) is 23.8 Å². The van der Waals surface area contributed by atoms with E-state index in [2.05, 4.69) is 9.97 Å². The monoisotopic (exact) mass is 443 g/mol. The third-order valence-corrected chi connectivity index (χ3v) is 5.74. The zero-order valence-corrected chi connectivity index (χ0v) is 18.7. The summed E-state index contributed by atoms with van der Waals surface area (Å²) in [4.78, 5) is 36.0. The van der Waals surface area contributed by atoms with Gasteiger partial charge in [0.15, 0.2) is 0 Å². The summed E-state index contributed by atoms with van der Waals surface area (Å²) in [6.07, 6.45) is 6.52. The summed E-state index contributed by atoms with van der Waals surface area (Å²) in [6.45, 7) is 4.21. The lowest BCUT2D eigenvalue weighted by atomic mass is 9.93. The average molecular weight is 444 g/mol. The fraction of sp³-hybridized carbons (Fsp3) is 0.231. The largest absolute Gasteiger partial charge is 0.507 e. The van der Waals surface area contributed by atoms with Gasteiger partial charge >= 0.3 is 0 Å². The molecule has 1 N–H and O–H groups in total. The maximum Gasteiger partial charge on any atom is 0.295 e. The normalized spacial score (nSPS) is 17.6. The first-order valence-corrected chi connectivity index (χ1v) is 10.7. The van der Waals surface area contributed by atoms with Crippen LogP contribution in [-0.4, -0.2) is 38.8 Å². The van der Waals surface area contributed by atoms with Crippen molar-refractivity contribution in [3.8, 4) is 5.75 Å². The summed E-state index contributed by atoms with van der Waals surface area (Å²) in [5.74, 6) is -0.795. The molecule has 33 heavy (non-hydrogen) atoms. The minimum absolute atomic E-state index is 0.0387. The number of carbonyl (C=O) groups excluding carboxylic acids is 2. The molecule has 0 spiro atoms. The highest BCUT2D eigenvalue weighted by atomic mass is 16.5. The molecule has 7 heteroatoms. The number of amides is 1. The van der Waals surface area contributed by atoms with E-state index >= 15 is 0 Å². The molecule has 168 valence electrons. The van der Waals surface area contributed by atoms with Gasteiger partial charge in [0.2, 0.25) is 0 Å². The molecule has 0 radical (unpaired) electrons. The number of nitrogens with zero attached hydrogens (tertiary/aromatic N) is 3. The lowest BCUT2D eigenvalue weighted by Crippen LogP contribution is -2.29. The first kappa shape index (κ1) is 22.2. The summed E-state index contributed by atoms with van der Waals surface area (Å²) in [7, 11) is 1.59. The van der Waals surface area contributed by atoms with Crippen LogP contribution in [0.3, 0.4) is 0 Å². The van der Waals surface area contributed by atoms with Crippen molar-refractivity contribution in [2.75, 3.05) is 7.11 Å². The number of aromatic nitrogens is 2. The van der Waals surface area contributed by atoms with Gasteiger partial charge in [0.25, 0.3) is 11.7 Å². The van der Waals surface area contributed by atoms with Crippen molar-refractivity contribution >= 4 is 17.4 Å². The minimum atomic E-state index is -0.775. The Morgan fingerprint density at radius 1 is 1.09 bits per heavy atom. The SMILES string of the molecule is COc1ccc(/C(O)=C2/C(=O)C(=O)N(Cc3cccnc3)C2c2cccnc2)cc1C(C)C. The zero-order valence-electron chi connectivity index (χ0n) is 18.7. The van der Waals surface area contributed by atoms with Gasteiger partial charge in [-0.3, -0.25) is 19.6 Å². The van der Waals surface area contributed by atoms with Gasteiger partial charge in [0, 0.05) is 36.9 Å². The predicted octanol–water partition coefficient (Wildman–Crippen LogP) is 4.23. The summed E-state index contributed by atoms with van der Waals surface area (Å²) in [6, 6.07) is 11.6. The highest BCUT2D eigenvalue weighted by molar-refractivity contribution is 6.46. The van der Waals surface area contributed by atoms with Gasteiger partial charge in [-0.25, -0.2) is 0 Å². The van der Waals surface area contributed by atoms with Crippen LogP contribution in [0.2, 0.25) is 0 Å². The number of hydrogen-bond acceptors (Lipinski definition) is 6. The zero-order chi connectivity index (χ0) is 23.5. The first-order valence-electron chi connectivity index (χ1n) is 10.7. The summed E-state index contributed by atoms with van der Waals surface area (Å²) in [5, 5.41) is 11.3. The van der Waals surface area contributed by atoms with Crippen molar-refractivity contribution in [1.82, 2.24) is 14.9 Å². The highest BCUT2D eigenvalue weighted by Crippen LogP contribution is 2.40. The minimum Gasteiger partial charge on any atom is -0.507 e. The van der Waals surface area contributed by atoms with Crippen LogP contribution in [0, 0.1) is 0 Å². The molecule has 7 nitrogen and oxygen atoms in total. The fourth-order valence-corrected chi connectivity index (χ4v) is 4.10. The number of aliphatic hydroxyl groups is 1. The lowest BCUT2D eigenvalue weighted by molar-refractivity contribution is -0.140. The Hall–Kier alpha value is -4.00. The lowest BCUT2D eigenvalue weighted by Gasteiger charge is -2.25. The Labute approximate surface area is 192 Å².